The molecule has 2 heteroatoms. The third-order valence-corrected chi connectivity index (χ3v) is 4.40. The van der Waals surface area contributed by atoms with Crippen molar-refractivity contribution in [3.05, 3.63) is 28.8 Å². The minimum absolute atomic E-state index is 0.540. The maximum absolute atomic E-state index is 10.6. The molecular weight excluding hydrogens is 284 g/mol. The topological polar surface area (TPSA) is 29.5 Å². The predicted molar refractivity (Wildman–Crippen MR) is 99.1 cm³/mol. The van der Waals surface area contributed by atoms with Crippen LogP contribution < -0.4 is 0 Å². The standard InChI is InChI=1S/C21H36O2/c1-4-7-9-11-13-19-15-18(17-23-6-3)16-20(21(19)22)14-12-10-8-5-2/h15-16,22H,4-14,17H2,1-3H3. The second-order valence-electron chi connectivity index (χ2n) is 6.52. The molecule has 1 aromatic carbocycles. The van der Waals surface area contributed by atoms with Gasteiger partial charge in [-0.3, -0.25) is 0 Å². The van der Waals surface area contributed by atoms with Crippen molar-refractivity contribution in [1.29, 1.82) is 0 Å². The highest BCUT2D eigenvalue weighted by Gasteiger charge is 2.10. The summed E-state index contributed by atoms with van der Waals surface area (Å²) in [7, 11) is 0. The maximum Gasteiger partial charge on any atom is 0.121 e. The van der Waals surface area contributed by atoms with Crippen molar-refractivity contribution in [3.63, 3.8) is 0 Å². The minimum atomic E-state index is 0.540. The van der Waals surface area contributed by atoms with E-state index in [4.69, 9.17) is 4.74 Å². The summed E-state index contributed by atoms with van der Waals surface area (Å²) in [6.45, 7) is 7.88. The Morgan fingerprint density at radius 1 is 0.783 bits per heavy atom. The van der Waals surface area contributed by atoms with Crippen molar-refractivity contribution in [2.45, 2.75) is 91.6 Å². The first kappa shape index (κ1) is 20.0. The second-order valence-corrected chi connectivity index (χ2v) is 6.52. The molecule has 1 rings (SSSR count). The number of unbranched alkanes of at least 4 members (excludes halogenated alkanes) is 6. The van der Waals surface area contributed by atoms with Crippen LogP contribution in [-0.2, 0) is 24.2 Å². The van der Waals surface area contributed by atoms with E-state index in [1.54, 1.807) is 0 Å². The molecule has 0 heterocycles. The van der Waals surface area contributed by atoms with Crippen LogP contribution in [0.3, 0.4) is 0 Å². The van der Waals surface area contributed by atoms with Gasteiger partial charge in [-0.05, 0) is 61.4 Å². The second kappa shape index (κ2) is 12.4. The van der Waals surface area contributed by atoms with Gasteiger partial charge < -0.3 is 9.84 Å². The Kier molecular flexibility index (Phi) is 10.8. The Balaban J connectivity index is 2.75. The van der Waals surface area contributed by atoms with Gasteiger partial charge in [0.2, 0.25) is 0 Å². The molecule has 0 aromatic heterocycles. The maximum atomic E-state index is 10.6. The number of aromatic hydroxyl groups is 1. The fourth-order valence-electron chi connectivity index (χ4n) is 3.00. The fraction of sp³-hybridized carbons (Fsp3) is 0.714. The normalized spacial score (nSPS) is 11.1. The monoisotopic (exact) mass is 320 g/mol. The number of hydrogen-bond donors (Lipinski definition) is 1. The summed E-state index contributed by atoms with van der Waals surface area (Å²) in [6, 6.07) is 4.29. The van der Waals surface area contributed by atoms with Crippen molar-refractivity contribution >= 4 is 0 Å². The smallest absolute Gasteiger partial charge is 0.121 e. The molecule has 0 bridgehead atoms. The van der Waals surface area contributed by atoms with Crippen molar-refractivity contribution in [2.24, 2.45) is 0 Å². The Bertz CT molecular complexity index is 393. The van der Waals surface area contributed by atoms with Gasteiger partial charge in [-0.2, -0.15) is 0 Å². The van der Waals surface area contributed by atoms with E-state index in [9.17, 15) is 5.11 Å². The van der Waals surface area contributed by atoms with Gasteiger partial charge in [0.25, 0.3) is 0 Å². The van der Waals surface area contributed by atoms with E-state index in [0.29, 0.717) is 12.4 Å². The van der Waals surface area contributed by atoms with E-state index in [2.05, 4.69) is 26.0 Å². The lowest BCUT2D eigenvalue weighted by Crippen LogP contribution is -1.99. The van der Waals surface area contributed by atoms with Gasteiger partial charge in [0.1, 0.15) is 5.75 Å². The van der Waals surface area contributed by atoms with Crippen molar-refractivity contribution in [3.8, 4) is 5.75 Å². The molecule has 0 saturated heterocycles. The summed E-state index contributed by atoms with van der Waals surface area (Å²) < 4.78 is 5.57. The van der Waals surface area contributed by atoms with Crippen molar-refractivity contribution in [1.82, 2.24) is 0 Å². The molecule has 2 nitrogen and oxygen atoms in total. The first-order valence-corrected chi connectivity index (χ1v) is 9.64. The molecule has 0 amide bonds. The third-order valence-electron chi connectivity index (χ3n) is 4.40. The molecular formula is C21H36O2. The average molecular weight is 321 g/mol. The van der Waals surface area contributed by atoms with Crippen molar-refractivity contribution < 1.29 is 9.84 Å². The molecule has 0 aliphatic heterocycles. The van der Waals surface area contributed by atoms with Crippen LogP contribution in [0.2, 0.25) is 0 Å². The van der Waals surface area contributed by atoms with Crippen molar-refractivity contribution in [2.75, 3.05) is 6.61 Å². The van der Waals surface area contributed by atoms with Crippen LogP contribution in [0.25, 0.3) is 0 Å². The van der Waals surface area contributed by atoms with E-state index in [1.165, 1.54) is 44.1 Å². The number of phenolic OH excluding ortho intramolecular Hbond substituents is 1. The highest BCUT2D eigenvalue weighted by molar-refractivity contribution is 5.44. The molecule has 0 aliphatic rings. The van der Waals surface area contributed by atoms with E-state index in [0.717, 1.165) is 43.4 Å². The van der Waals surface area contributed by atoms with Crippen LogP contribution in [0.4, 0.5) is 0 Å². The van der Waals surface area contributed by atoms with Crippen LogP contribution in [0.15, 0.2) is 12.1 Å². The number of ether oxygens (including phenoxy) is 1. The average Bonchev–Trinajstić information content (AvgIpc) is 2.56. The summed E-state index contributed by atoms with van der Waals surface area (Å²) in [4.78, 5) is 0. The van der Waals surface area contributed by atoms with Crippen LogP contribution >= 0.6 is 0 Å². The predicted octanol–water partition coefficient (Wildman–Crippen LogP) is 6.17. The molecule has 0 saturated carbocycles. The molecule has 132 valence electrons. The van der Waals surface area contributed by atoms with Gasteiger partial charge in [0.05, 0.1) is 6.61 Å². The first-order chi connectivity index (χ1) is 11.2. The zero-order valence-corrected chi connectivity index (χ0v) is 15.5. The molecule has 0 atom stereocenters. The Morgan fingerprint density at radius 3 is 1.74 bits per heavy atom. The molecule has 0 fully saturated rings. The number of phenols is 1. The highest BCUT2D eigenvalue weighted by Crippen LogP contribution is 2.28. The number of hydrogen-bond acceptors (Lipinski definition) is 2. The lowest BCUT2D eigenvalue weighted by atomic mass is 9.96. The molecule has 23 heavy (non-hydrogen) atoms. The molecule has 1 N–H and O–H groups in total. The molecule has 0 unspecified atom stereocenters. The summed E-state index contributed by atoms with van der Waals surface area (Å²) in [5.74, 6) is 0.540. The van der Waals surface area contributed by atoms with Gasteiger partial charge in [0.15, 0.2) is 0 Å². The summed E-state index contributed by atoms with van der Waals surface area (Å²) in [6.07, 6.45) is 11.8. The van der Waals surface area contributed by atoms with Gasteiger partial charge in [-0.1, -0.05) is 52.4 Å². The van der Waals surface area contributed by atoms with Crippen LogP contribution in [0.1, 0.15) is 88.8 Å². The van der Waals surface area contributed by atoms with E-state index >= 15 is 0 Å². The molecule has 0 radical (unpaired) electrons. The lowest BCUT2D eigenvalue weighted by Gasteiger charge is -2.13. The molecule has 1 aromatic rings. The van der Waals surface area contributed by atoms with Gasteiger partial charge in [0, 0.05) is 6.61 Å². The number of benzene rings is 1. The summed E-state index contributed by atoms with van der Waals surface area (Å²) in [5.41, 5.74) is 3.44. The molecule has 0 spiro atoms. The summed E-state index contributed by atoms with van der Waals surface area (Å²) in [5, 5.41) is 10.6. The Hall–Kier alpha value is -1.02. The SMILES string of the molecule is CCCCCCc1cc(COCC)cc(CCCCCC)c1O. The summed E-state index contributed by atoms with van der Waals surface area (Å²) >= 11 is 0. The highest BCUT2D eigenvalue weighted by atomic mass is 16.5. The van der Waals surface area contributed by atoms with Gasteiger partial charge >= 0.3 is 0 Å². The quantitative estimate of drug-likeness (QED) is 0.440. The van der Waals surface area contributed by atoms with Gasteiger partial charge in [-0.25, -0.2) is 0 Å². The largest absolute Gasteiger partial charge is 0.507 e. The van der Waals surface area contributed by atoms with E-state index in [1.807, 2.05) is 6.92 Å². The zero-order valence-electron chi connectivity index (χ0n) is 15.5. The number of rotatable bonds is 13. The Labute approximate surface area is 143 Å². The number of aryl methyl sites for hydroxylation is 2. The minimum Gasteiger partial charge on any atom is -0.507 e. The zero-order chi connectivity index (χ0) is 16.9. The van der Waals surface area contributed by atoms with Gasteiger partial charge in [-0.15, -0.1) is 0 Å². The van der Waals surface area contributed by atoms with E-state index in [-0.39, 0.29) is 0 Å². The van der Waals surface area contributed by atoms with E-state index < -0.39 is 0 Å². The lowest BCUT2D eigenvalue weighted by molar-refractivity contribution is 0.134. The van der Waals surface area contributed by atoms with Crippen LogP contribution in [-0.4, -0.2) is 11.7 Å². The fourth-order valence-corrected chi connectivity index (χ4v) is 3.00. The first-order valence-electron chi connectivity index (χ1n) is 9.64. The van der Waals surface area contributed by atoms with Crippen LogP contribution in [0.5, 0.6) is 5.75 Å². The third kappa shape index (κ3) is 7.87. The molecule has 0 aliphatic carbocycles. The Morgan fingerprint density at radius 2 is 1.30 bits per heavy atom. The van der Waals surface area contributed by atoms with Crippen LogP contribution in [0, 0.1) is 0 Å².